The summed E-state index contributed by atoms with van der Waals surface area (Å²) in [6.45, 7) is 4.63. The third-order valence-electron chi connectivity index (χ3n) is 6.69. The predicted molar refractivity (Wildman–Crippen MR) is 122 cm³/mol. The van der Waals surface area contributed by atoms with Gasteiger partial charge in [0.05, 0.1) is 13.2 Å². The first-order valence-corrected chi connectivity index (χ1v) is 11.3. The van der Waals surface area contributed by atoms with Crippen molar-refractivity contribution in [1.82, 2.24) is 24.6 Å². The minimum atomic E-state index is -1.51. The summed E-state index contributed by atoms with van der Waals surface area (Å²) in [6, 6.07) is 7.43. The van der Waals surface area contributed by atoms with E-state index in [1.165, 1.54) is 10.6 Å². The van der Waals surface area contributed by atoms with Gasteiger partial charge in [0.1, 0.15) is 12.1 Å². The lowest BCUT2D eigenvalue weighted by Gasteiger charge is -2.47. The van der Waals surface area contributed by atoms with Gasteiger partial charge in [-0.1, -0.05) is 0 Å². The van der Waals surface area contributed by atoms with Crippen molar-refractivity contribution in [1.29, 1.82) is 0 Å². The number of ether oxygens (including phenoxy) is 1. The van der Waals surface area contributed by atoms with Gasteiger partial charge in [0.2, 0.25) is 5.95 Å². The molecule has 2 saturated heterocycles. The van der Waals surface area contributed by atoms with Crippen LogP contribution in [0.15, 0.2) is 42.9 Å². The highest BCUT2D eigenvalue weighted by Gasteiger charge is 2.41. The topological polar surface area (TPSA) is 80.5 Å². The lowest BCUT2D eigenvalue weighted by atomic mass is 9.82. The smallest absolute Gasteiger partial charge is 0.243 e. The third-order valence-corrected chi connectivity index (χ3v) is 6.69. The Morgan fingerprint density at radius 2 is 1.80 bits per heavy atom. The minimum absolute atomic E-state index is 0.0730. The maximum absolute atomic E-state index is 14.5. The first-order chi connectivity index (χ1) is 17.0. The summed E-state index contributed by atoms with van der Waals surface area (Å²) in [6.07, 6.45) is 3.26. The zero-order valence-electron chi connectivity index (χ0n) is 18.8. The second-order valence-electron chi connectivity index (χ2n) is 9.00. The summed E-state index contributed by atoms with van der Waals surface area (Å²) in [4.78, 5) is 15.4. The Labute approximate surface area is 198 Å². The molecule has 2 aliphatic rings. The van der Waals surface area contributed by atoms with Crippen LogP contribution >= 0.6 is 0 Å². The van der Waals surface area contributed by atoms with Crippen LogP contribution in [0.1, 0.15) is 5.69 Å². The van der Waals surface area contributed by atoms with E-state index in [-0.39, 0.29) is 23.4 Å². The molecule has 5 heterocycles. The van der Waals surface area contributed by atoms with Crippen molar-refractivity contribution >= 4 is 17.4 Å². The fourth-order valence-corrected chi connectivity index (χ4v) is 5.03. The SMILES string of the molecule is Cc1cc(N2C[C@H]3COC[C@@H](C2)C3Nc2nc3c(-c4ccc(F)c(F)c4F)cccn3n2)ncn1. The summed E-state index contributed by atoms with van der Waals surface area (Å²) in [5.41, 5.74) is 1.50. The molecule has 6 rings (SSSR count). The van der Waals surface area contributed by atoms with Crippen LogP contribution in [-0.2, 0) is 4.74 Å². The van der Waals surface area contributed by atoms with E-state index in [9.17, 15) is 13.2 Å². The number of pyridine rings is 1. The molecule has 180 valence electrons. The molecule has 2 bridgehead atoms. The summed E-state index contributed by atoms with van der Waals surface area (Å²) in [5, 5.41) is 7.97. The molecule has 35 heavy (non-hydrogen) atoms. The van der Waals surface area contributed by atoms with Gasteiger partial charge in [-0.05, 0) is 31.2 Å². The van der Waals surface area contributed by atoms with E-state index in [0.717, 1.165) is 30.7 Å². The number of aromatic nitrogens is 5. The number of anilines is 2. The average molecular weight is 481 g/mol. The highest BCUT2D eigenvalue weighted by atomic mass is 19.2. The maximum Gasteiger partial charge on any atom is 0.243 e. The predicted octanol–water partition coefficient (Wildman–Crippen LogP) is 3.48. The van der Waals surface area contributed by atoms with Crippen LogP contribution in [0, 0.1) is 36.2 Å². The molecule has 2 aliphatic heterocycles. The lowest BCUT2D eigenvalue weighted by molar-refractivity contribution is -0.00346. The van der Waals surface area contributed by atoms with E-state index >= 15 is 0 Å². The number of hydrogen-bond donors (Lipinski definition) is 1. The van der Waals surface area contributed by atoms with Gasteiger partial charge in [0.25, 0.3) is 0 Å². The van der Waals surface area contributed by atoms with Crippen LogP contribution in [0.5, 0.6) is 0 Å². The van der Waals surface area contributed by atoms with Crippen LogP contribution in [0.25, 0.3) is 16.8 Å². The lowest BCUT2D eigenvalue weighted by Crippen LogP contribution is -2.58. The van der Waals surface area contributed by atoms with Gasteiger partial charge in [-0.25, -0.2) is 27.7 Å². The number of fused-ring (bicyclic) bond motifs is 3. The van der Waals surface area contributed by atoms with Gasteiger partial charge >= 0.3 is 0 Å². The molecule has 1 N–H and O–H groups in total. The van der Waals surface area contributed by atoms with E-state index in [1.807, 2.05) is 13.0 Å². The van der Waals surface area contributed by atoms with Gasteiger partial charge in [-0.2, -0.15) is 4.98 Å². The molecule has 0 aliphatic carbocycles. The molecule has 8 nitrogen and oxygen atoms in total. The van der Waals surface area contributed by atoms with Crippen LogP contribution < -0.4 is 10.2 Å². The van der Waals surface area contributed by atoms with Gasteiger partial charge in [0, 0.05) is 60.1 Å². The van der Waals surface area contributed by atoms with Crippen molar-refractivity contribution in [3.63, 3.8) is 0 Å². The van der Waals surface area contributed by atoms with Crippen LogP contribution in [0.3, 0.4) is 0 Å². The number of rotatable bonds is 4. The van der Waals surface area contributed by atoms with Crippen molar-refractivity contribution in [3.05, 3.63) is 66.0 Å². The molecule has 1 unspecified atom stereocenters. The summed E-state index contributed by atoms with van der Waals surface area (Å²) >= 11 is 0. The number of piperidine rings is 1. The second kappa shape index (κ2) is 8.49. The molecule has 4 aromatic rings. The van der Waals surface area contributed by atoms with Crippen LogP contribution in [0.4, 0.5) is 24.9 Å². The quantitative estimate of drug-likeness (QED) is 0.447. The van der Waals surface area contributed by atoms with Gasteiger partial charge in [-0.15, -0.1) is 5.10 Å². The van der Waals surface area contributed by atoms with Crippen molar-refractivity contribution in [2.24, 2.45) is 11.8 Å². The number of nitrogens with zero attached hydrogens (tertiary/aromatic N) is 6. The Hall–Kier alpha value is -3.73. The summed E-state index contributed by atoms with van der Waals surface area (Å²) in [7, 11) is 0. The number of nitrogens with one attached hydrogen (secondary N) is 1. The summed E-state index contributed by atoms with van der Waals surface area (Å²) < 4.78 is 49.1. The van der Waals surface area contributed by atoms with E-state index in [4.69, 9.17) is 4.74 Å². The second-order valence-corrected chi connectivity index (χ2v) is 9.00. The van der Waals surface area contributed by atoms with Crippen LogP contribution in [0.2, 0.25) is 0 Å². The molecule has 3 aromatic heterocycles. The first kappa shape index (κ1) is 21.8. The van der Waals surface area contributed by atoms with E-state index in [2.05, 4.69) is 30.3 Å². The van der Waals surface area contributed by atoms with Crippen molar-refractivity contribution in [2.45, 2.75) is 13.0 Å². The highest BCUT2D eigenvalue weighted by molar-refractivity contribution is 5.78. The molecular formula is C24H22F3N7O. The van der Waals surface area contributed by atoms with E-state index < -0.39 is 17.5 Å². The average Bonchev–Trinajstić information content (AvgIpc) is 3.25. The van der Waals surface area contributed by atoms with E-state index in [1.54, 1.807) is 24.7 Å². The Morgan fingerprint density at radius 3 is 2.57 bits per heavy atom. The fourth-order valence-electron chi connectivity index (χ4n) is 5.03. The number of hydrogen-bond acceptors (Lipinski definition) is 7. The maximum atomic E-state index is 14.5. The molecule has 1 aromatic carbocycles. The molecule has 0 radical (unpaired) electrons. The Kier molecular flexibility index (Phi) is 5.28. The molecule has 0 saturated carbocycles. The Morgan fingerprint density at radius 1 is 1.00 bits per heavy atom. The Bertz CT molecular complexity index is 1400. The largest absolute Gasteiger partial charge is 0.381 e. The normalized spacial score (nSPS) is 21.9. The number of aryl methyl sites for hydroxylation is 1. The standard InChI is InChI=1S/C24H22F3N7O/c1-13-7-19(29-12-28-13)33-8-14-10-35-11-15(9-33)22(14)30-24-31-23-17(3-2-6-34(23)32-24)16-4-5-18(25)21(27)20(16)26/h2-7,12,14-15,22H,8-11H2,1H3,(H,30,32)/t14-,15+,22?. The monoisotopic (exact) mass is 481 g/mol. The molecular weight excluding hydrogens is 459 g/mol. The fraction of sp³-hybridized carbons (Fsp3) is 0.333. The Balaban J connectivity index is 1.29. The number of halogens is 3. The van der Waals surface area contributed by atoms with Gasteiger partial charge < -0.3 is 15.0 Å². The first-order valence-electron chi connectivity index (χ1n) is 11.3. The van der Waals surface area contributed by atoms with Crippen molar-refractivity contribution < 1.29 is 17.9 Å². The molecule has 0 spiro atoms. The zero-order chi connectivity index (χ0) is 24.1. The van der Waals surface area contributed by atoms with Gasteiger partial charge in [0.15, 0.2) is 23.1 Å². The third kappa shape index (κ3) is 3.85. The number of benzene rings is 1. The van der Waals surface area contributed by atoms with Crippen molar-refractivity contribution in [3.8, 4) is 11.1 Å². The summed E-state index contributed by atoms with van der Waals surface area (Å²) in [5.74, 6) is -2.37. The van der Waals surface area contributed by atoms with Gasteiger partial charge in [-0.3, -0.25) is 0 Å². The highest BCUT2D eigenvalue weighted by Crippen LogP contribution is 2.33. The van der Waals surface area contributed by atoms with Crippen LogP contribution in [-0.4, -0.2) is 56.9 Å². The van der Waals surface area contributed by atoms with Crippen molar-refractivity contribution in [2.75, 3.05) is 36.5 Å². The zero-order valence-corrected chi connectivity index (χ0v) is 18.8. The molecule has 11 heteroatoms. The molecule has 3 atom stereocenters. The molecule has 2 fully saturated rings. The van der Waals surface area contributed by atoms with E-state index in [0.29, 0.717) is 30.4 Å². The molecule has 0 amide bonds. The minimum Gasteiger partial charge on any atom is -0.381 e.